The molecule has 0 saturated carbocycles. The van der Waals surface area contributed by atoms with E-state index < -0.39 is 6.29 Å². The Morgan fingerprint density at radius 3 is 2.25 bits per heavy atom. The van der Waals surface area contributed by atoms with Gasteiger partial charge in [0.25, 0.3) is 0 Å². The number of anilines is 1. The number of benzene rings is 5. The molecule has 0 aromatic heterocycles. The van der Waals surface area contributed by atoms with E-state index in [4.69, 9.17) is 14.2 Å². The molecular formula is C43H45N3O6. The number of rotatable bonds is 12. The van der Waals surface area contributed by atoms with Gasteiger partial charge in [-0.1, -0.05) is 91.0 Å². The van der Waals surface area contributed by atoms with Crippen molar-refractivity contribution < 1.29 is 29.2 Å². The third-order valence-corrected chi connectivity index (χ3v) is 9.80. The Hall–Kier alpha value is -5.03. The number of aliphatic hydroxyl groups excluding tert-OH is 2. The lowest BCUT2D eigenvalue weighted by atomic mass is 9.97. The van der Waals surface area contributed by atoms with E-state index in [-0.39, 0.29) is 37.5 Å². The average molecular weight is 700 g/mol. The van der Waals surface area contributed by atoms with Gasteiger partial charge in [0.1, 0.15) is 11.5 Å². The third kappa shape index (κ3) is 8.88. The Morgan fingerprint density at radius 2 is 1.50 bits per heavy atom. The maximum absolute atomic E-state index is 12.9. The highest BCUT2D eigenvalue weighted by Gasteiger charge is 2.35. The first kappa shape index (κ1) is 35.4. The number of carbonyl (C=O) groups excluding carboxylic acids is 1. The van der Waals surface area contributed by atoms with Crippen LogP contribution in [0.4, 0.5) is 10.5 Å². The Kier molecular flexibility index (Phi) is 11.6. The molecule has 0 bridgehead atoms. The van der Waals surface area contributed by atoms with Crippen molar-refractivity contribution in [3.63, 3.8) is 0 Å². The number of urea groups is 1. The lowest BCUT2D eigenvalue weighted by Crippen LogP contribution is -2.42. The van der Waals surface area contributed by atoms with Crippen LogP contribution in [-0.4, -0.2) is 53.0 Å². The molecule has 9 nitrogen and oxygen atoms in total. The molecule has 5 aromatic rings. The number of hydrogen-bond donors (Lipinski definition) is 4. The molecule has 0 aliphatic carbocycles. The molecule has 4 N–H and O–H groups in total. The molecule has 4 atom stereocenters. The second-order valence-corrected chi connectivity index (χ2v) is 13.4. The van der Waals surface area contributed by atoms with E-state index in [1.54, 1.807) is 0 Å². The third-order valence-electron chi connectivity index (χ3n) is 9.80. The zero-order valence-electron chi connectivity index (χ0n) is 29.1. The number of carbonyl (C=O) groups is 1. The van der Waals surface area contributed by atoms with E-state index in [1.807, 2.05) is 109 Å². The Morgan fingerprint density at radius 1 is 0.788 bits per heavy atom. The highest BCUT2D eigenvalue weighted by atomic mass is 16.7. The smallest absolute Gasteiger partial charge is 0.319 e. The van der Waals surface area contributed by atoms with Crippen LogP contribution in [0.15, 0.2) is 127 Å². The van der Waals surface area contributed by atoms with Crippen LogP contribution in [0.25, 0.3) is 11.1 Å². The Bertz CT molecular complexity index is 1890. The molecule has 2 aliphatic heterocycles. The van der Waals surface area contributed by atoms with Gasteiger partial charge in [0.2, 0.25) is 0 Å². The van der Waals surface area contributed by atoms with Gasteiger partial charge in [0, 0.05) is 36.8 Å². The second-order valence-electron chi connectivity index (χ2n) is 13.4. The van der Waals surface area contributed by atoms with Gasteiger partial charge in [0.15, 0.2) is 6.29 Å². The maximum Gasteiger partial charge on any atom is 0.319 e. The molecule has 7 rings (SSSR count). The van der Waals surface area contributed by atoms with Crippen molar-refractivity contribution >= 4 is 11.7 Å². The molecule has 268 valence electrons. The van der Waals surface area contributed by atoms with Gasteiger partial charge in [-0.05, 0) is 83.6 Å². The zero-order chi connectivity index (χ0) is 35.7. The first-order chi connectivity index (χ1) is 25.5. The van der Waals surface area contributed by atoms with Crippen LogP contribution in [0.1, 0.15) is 53.9 Å². The average Bonchev–Trinajstić information content (AvgIpc) is 3.65. The van der Waals surface area contributed by atoms with E-state index in [2.05, 4.69) is 33.7 Å². The van der Waals surface area contributed by atoms with Gasteiger partial charge in [-0.3, -0.25) is 4.90 Å². The normalized spacial score (nSPS) is 20.3. The van der Waals surface area contributed by atoms with Crippen molar-refractivity contribution in [2.75, 3.05) is 25.0 Å². The van der Waals surface area contributed by atoms with Crippen LogP contribution >= 0.6 is 0 Å². The Labute approximate surface area is 304 Å². The number of aliphatic hydroxyl groups is 2. The summed E-state index contributed by atoms with van der Waals surface area (Å²) in [4.78, 5) is 15.2. The summed E-state index contributed by atoms with van der Waals surface area (Å²) >= 11 is 0. The highest BCUT2D eigenvalue weighted by molar-refractivity contribution is 5.89. The van der Waals surface area contributed by atoms with Crippen molar-refractivity contribution in [2.45, 2.75) is 57.0 Å². The summed E-state index contributed by atoms with van der Waals surface area (Å²) in [6, 6.07) is 40.8. The van der Waals surface area contributed by atoms with E-state index in [0.29, 0.717) is 24.4 Å². The monoisotopic (exact) mass is 699 g/mol. The molecular weight excluding hydrogens is 654 g/mol. The van der Waals surface area contributed by atoms with E-state index in [9.17, 15) is 15.0 Å². The summed E-state index contributed by atoms with van der Waals surface area (Å²) in [5, 5.41) is 25.4. The summed E-state index contributed by atoms with van der Waals surface area (Å²) in [7, 11) is 0. The predicted molar refractivity (Wildman–Crippen MR) is 201 cm³/mol. The molecule has 2 fully saturated rings. The van der Waals surface area contributed by atoms with Gasteiger partial charge in [-0.15, -0.1) is 0 Å². The SMILES string of the molecule is O=C(NCc1ccccc1-c1ccc([C@H]2O[C@@H](CN3CCC[C@H]3CO)C[C@@H](c3ccc(CO)cc3)O2)cc1)Nc1ccc(Oc2ccccc2)cc1. The summed E-state index contributed by atoms with van der Waals surface area (Å²) in [5.41, 5.74) is 6.51. The van der Waals surface area contributed by atoms with Gasteiger partial charge < -0.3 is 35.1 Å². The van der Waals surface area contributed by atoms with Crippen LogP contribution < -0.4 is 15.4 Å². The molecule has 2 saturated heterocycles. The molecule has 2 amide bonds. The quantitative estimate of drug-likeness (QED) is 0.105. The van der Waals surface area contributed by atoms with Crippen LogP contribution in [-0.2, 0) is 22.6 Å². The number of amides is 2. The highest BCUT2D eigenvalue weighted by Crippen LogP contribution is 2.39. The van der Waals surface area contributed by atoms with Gasteiger partial charge >= 0.3 is 6.03 Å². The van der Waals surface area contributed by atoms with Gasteiger partial charge in [-0.25, -0.2) is 4.79 Å². The van der Waals surface area contributed by atoms with Crippen molar-refractivity contribution in [3.05, 3.63) is 150 Å². The fraction of sp³-hybridized carbons (Fsp3) is 0.279. The van der Waals surface area contributed by atoms with Crippen LogP contribution in [0, 0.1) is 0 Å². The van der Waals surface area contributed by atoms with Gasteiger partial charge in [0.05, 0.1) is 25.4 Å². The van der Waals surface area contributed by atoms with Crippen molar-refractivity contribution in [1.82, 2.24) is 10.2 Å². The number of nitrogens with zero attached hydrogens (tertiary/aromatic N) is 1. The van der Waals surface area contributed by atoms with Crippen LogP contribution in [0.3, 0.4) is 0 Å². The first-order valence-electron chi connectivity index (χ1n) is 18.0. The molecule has 9 heteroatoms. The topological polar surface area (TPSA) is 113 Å². The molecule has 0 radical (unpaired) electrons. The number of nitrogens with one attached hydrogen (secondary N) is 2. The lowest BCUT2D eigenvalue weighted by molar-refractivity contribution is -0.253. The lowest BCUT2D eigenvalue weighted by Gasteiger charge is -2.38. The van der Waals surface area contributed by atoms with Crippen molar-refractivity contribution in [2.24, 2.45) is 0 Å². The van der Waals surface area contributed by atoms with Crippen molar-refractivity contribution in [1.29, 1.82) is 0 Å². The number of hydrogen-bond acceptors (Lipinski definition) is 7. The van der Waals surface area contributed by atoms with Crippen LogP contribution in [0.5, 0.6) is 11.5 Å². The minimum atomic E-state index is -0.565. The van der Waals surface area contributed by atoms with Crippen molar-refractivity contribution in [3.8, 4) is 22.6 Å². The molecule has 52 heavy (non-hydrogen) atoms. The first-order valence-corrected chi connectivity index (χ1v) is 18.0. The Balaban J connectivity index is 1.00. The number of ether oxygens (including phenoxy) is 3. The van der Waals surface area contributed by atoms with Crippen LogP contribution in [0.2, 0.25) is 0 Å². The molecule has 2 heterocycles. The zero-order valence-corrected chi connectivity index (χ0v) is 29.1. The van der Waals surface area contributed by atoms with E-state index in [0.717, 1.165) is 65.1 Å². The largest absolute Gasteiger partial charge is 0.457 e. The predicted octanol–water partition coefficient (Wildman–Crippen LogP) is 7.96. The summed E-state index contributed by atoms with van der Waals surface area (Å²) in [6.07, 6.45) is 1.95. The van der Waals surface area contributed by atoms with E-state index in [1.165, 1.54) is 0 Å². The minimum Gasteiger partial charge on any atom is -0.457 e. The molecule has 2 aliphatic rings. The molecule has 5 aromatic carbocycles. The second kappa shape index (κ2) is 17.0. The summed E-state index contributed by atoms with van der Waals surface area (Å²) in [6.45, 7) is 2.18. The van der Waals surface area contributed by atoms with E-state index >= 15 is 0 Å². The fourth-order valence-corrected chi connectivity index (χ4v) is 6.99. The standard InChI is InChI=1S/C43H45N3O6/c47-28-30-12-14-32(15-13-30)41-25-39(27-46-24-6-8-36(46)29-48)51-42(52-41)33-18-16-31(17-19-33)40-11-5-4-7-34(40)26-44-43(49)45-35-20-22-38(23-21-35)50-37-9-2-1-3-10-37/h1-5,7,9-23,36,39,41-42,47-48H,6,8,24-29H2,(H2,44,45,49)/t36-,39+,41-,42-/m0/s1. The summed E-state index contributed by atoms with van der Waals surface area (Å²) in [5.74, 6) is 1.43. The molecule has 0 spiro atoms. The maximum atomic E-state index is 12.9. The number of para-hydroxylation sites is 1. The molecule has 0 unspecified atom stereocenters. The number of likely N-dealkylation sites (tertiary alicyclic amines) is 1. The van der Waals surface area contributed by atoms with Gasteiger partial charge in [-0.2, -0.15) is 0 Å². The summed E-state index contributed by atoms with van der Waals surface area (Å²) < 4.78 is 19.0. The minimum absolute atomic E-state index is 0.00308. The fourth-order valence-electron chi connectivity index (χ4n) is 6.99.